The van der Waals surface area contributed by atoms with Crippen molar-refractivity contribution in [3.8, 4) is 5.69 Å². The molecule has 0 saturated heterocycles. The lowest BCUT2D eigenvalue weighted by Gasteiger charge is -2.11. The van der Waals surface area contributed by atoms with Gasteiger partial charge in [0.2, 0.25) is 5.91 Å². The van der Waals surface area contributed by atoms with E-state index in [2.05, 4.69) is 15.7 Å². The Bertz CT molecular complexity index is 1060. The quantitative estimate of drug-likeness (QED) is 0.514. The molecule has 3 rings (SSSR count). The summed E-state index contributed by atoms with van der Waals surface area (Å²) in [5.41, 5.74) is 4.94. The zero-order valence-electron chi connectivity index (χ0n) is 16.4. The largest absolute Gasteiger partial charge is 0.435 e. The first-order valence-electron chi connectivity index (χ1n) is 9.25. The maximum absolute atomic E-state index is 13.3. The van der Waals surface area contributed by atoms with Crippen LogP contribution in [0.1, 0.15) is 33.5 Å². The number of rotatable bonds is 7. The van der Waals surface area contributed by atoms with Crippen molar-refractivity contribution >= 4 is 23.2 Å². The lowest BCUT2D eigenvalue weighted by molar-refractivity contribution is -0.141. The summed E-state index contributed by atoms with van der Waals surface area (Å²) in [4.78, 5) is 25.2. The third-order valence-corrected chi connectivity index (χ3v) is 5.15. The fourth-order valence-electron chi connectivity index (χ4n) is 2.70. The Morgan fingerprint density at radius 2 is 1.94 bits per heavy atom. The summed E-state index contributed by atoms with van der Waals surface area (Å²) < 4.78 is 40.8. The van der Waals surface area contributed by atoms with Gasteiger partial charge < -0.3 is 16.4 Å². The molecule has 0 fully saturated rings. The summed E-state index contributed by atoms with van der Waals surface area (Å²) in [7, 11) is 0. The fraction of sp³-hybridized carbons (Fsp3) is 0.250. The molecule has 0 spiro atoms. The number of aromatic nitrogens is 2. The van der Waals surface area contributed by atoms with Gasteiger partial charge in [-0.2, -0.15) is 18.3 Å². The molecule has 0 aliphatic rings. The highest BCUT2D eigenvalue weighted by Crippen LogP contribution is 2.29. The summed E-state index contributed by atoms with van der Waals surface area (Å²) in [6.45, 7) is 1.85. The Labute approximate surface area is 180 Å². The third-order valence-electron chi connectivity index (χ3n) is 4.27. The van der Waals surface area contributed by atoms with Crippen LogP contribution in [0, 0.1) is 0 Å². The number of benzene rings is 1. The van der Waals surface area contributed by atoms with Crippen molar-refractivity contribution in [2.75, 3.05) is 0 Å². The lowest BCUT2D eigenvalue weighted by atomic mass is 10.2. The second-order valence-electron chi connectivity index (χ2n) is 6.76. The van der Waals surface area contributed by atoms with Crippen molar-refractivity contribution in [2.24, 2.45) is 5.73 Å². The van der Waals surface area contributed by atoms with Crippen LogP contribution >= 0.6 is 11.3 Å². The van der Waals surface area contributed by atoms with Gasteiger partial charge in [0.25, 0.3) is 5.91 Å². The molecule has 11 heteroatoms. The Morgan fingerprint density at radius 1 is 1.16 bits per heavy atom. The van der Waals surface area contributed by atoms with Crippen LogP contribution in [-0.4, -0.2) is 27.6 Å². The fourth-order valence-corrected chi connectivity index (χ4v) is 3.34. The predicted molar refractivity (Wildman–Crippen MR) is 110 cm³/mol. The molecule has 0 aliphatic heterocycles. The standard InChI is InChI=1S/C20H20F3N5O2S/c1-12(24)18(29)25-10-13-4-2-5-14(8-13)28-16(9-17(27-28)20(21,22)23)19(30)26-11-15-6-3-7-31-15/h2-9,12H,10-11,24H2,1H3,(H,25,29)(H,26,30)/t12-/m0/s1. The van der Waals surface area contributed by atoms with E-state index in [1.165, 1.54) is 24.3 Å². The number of nitrogens with zero attached hydrogens (tertiary/aromatic N) is 2. The highest BCUT2D eigenvalue weighted by Gasteiger charge is 2.36. The van der Waals surface area contributed by atoms with Gasteiger partial charge in [-0.25, -0.2) is 4.68 Å². The van der Waals surface area contributed by atoms with Crippen molar-refractivity contribution in [3.63, 3.8) is 0 Å². The zero-order chi connectivity index (χ0) is 22.6. The molecule has 3 aromatic rings. The van der Waals surface area contributed by atoms with Gasteiger partial charge in [-0.05, 0) is 36.1 Å². The molecule has 0 bridgehead atoms. The van der Waals surface area contributed by atoms with Gasteiger partial charge in [0, 0.05) is 17.5 Å². The highest BCUT2D eigenvalue weighted by atomic mass is 32.1. The number of carbonyl (C=O) groups is 2. The van der Waals surface area contributed by atoms with Crippen molar-refractivity contribution in [1.82, 2.24) is 20.4 Å². The third kappa shape index (κ3) is 5.70. The molecule has 31 heavy (non-hydrogen) atoms. The molecule has 7 nitrogen and oxygen atoms in total. The minimum Gasteiger partial charge on any atom is -0.351 e. The zero-order valence-corrected chi connectivity index (χ0v) is 17.3. The van der Waals surface area contributed by atoms with Gasteiger partial charge in [-0.3, -0.25) is 9.59 Å². The Balaban J connectivity index is 1.88. The summed E-state index contributed by atoms with van der Waals surface area (Å²) in [6.07, 6.45) is -4.71. The SMILES string of the molecule is C[C@H](N)C(=O)NCc1cccc(-n2nc(C(F)(F)F)cc2C(=O)NCc2cccs2)c1. The van der Waals surface area contributed by atoms with Crippen LogP contribution in [-0.2, 0) is 24.1 Å². The molecule has 0 saturated carbocycles. The van der Waals surface area contributed by atoms with E-state index in [0.717, 1.165) is 9.56 Å². The molecule has 1 atom stereocenters. The molecule has 2 heterocycles. The molecule has 0 unspecified atom stereocenters. The number of alkyl halides is 3. The van der Waals surface area contributed by atoms with E-state index in [1.54, 1.807) is 18.2 Å². The van der Waals surface area contributed by atoms with E-state index >= 15 is 0 Å². The van der Waals surface area contributed by atoms with Crippen LogP contribution in [0.3, 0.4) is 0 Å². The van der Waals surface area contributed by atoms with Gasteiger partial charge >= 0.3 is 6.18 Å². The second-order valence-corrected chi connectivity index (χ2v) is 7.80. The average molecular weight is 451 g/mol. The summed E-state index contributed by atoms with van der Waals surface area (Å²) in [6, 6.07) is 10.0. The minimum atomic E-state index is -4.71. The Hall–Kier alpha value is -3.18. The van der Waals surface area contributed by atoms with Crippen molar-refractivity contribution in [3.05, 3.63) is 69.7 Å². The highest BCUT2D eigenvalue weighted by molar-refractivity contribution is 7.09. The van der Waals surface area contributed by atoms with E-state index in [-0.39, 0.29) is 30.4 Å². The molecule has 0 aliphatic carbocycles. The number of hydrogen-bond acceptors (Lipinski definition) is 5. The Morgan fingerprint density at radius 3 is 2.58 bits per heavy atom. The lowest BCUT2D eigenvalue weighted by Crippen LogP contribution is -2.37. The normalized spacial score (nSPS) is 12.4. The van der Waals surface area contributed by atoms with Gasteiger partial charge in [0.05, 0.1) is 18.3 Å². The first-order chi connectivity index (χ1) is 14.6. The molecule has 164 valence electrons. The van der Waals surface area contributed by atoms with E-state index < -0.39 is 23.8 Å². The first-order valence-corrected chi connectivity index (χ1v) is 10.1. The topological polar surface area (TPSA) is 102 Å². The molecule has 2 amide bonds. The monoisotopic (exact) mass is 451 g/mol. The average Bonchev–Trinajstić information content (AvgIpc) is 3.40. The number of carbonyl (C=O) groups excluding carboxylic acids is 2. The van der Waals surface area contributed by atoms with Crippen molar-refractivity contribution in [1.29, 1.82) is 0 Å². The number of hydrogen-bond donors (Lipinski definition) is 3. The van der Waals surface area contributed by atoms with Crippen LogP contribution in [0.15, 0.2) is 47.8 Å². The minimum absolute atomic E-state index is 0.127. The second kappa shape index (κ2) is 9.31. The molecule has 0 radical (unpaired) electrons. The van der Waals surface area contributed by atoms with E-state index in [1.807, 2.05) is 17.5 Å². The summed E-state index contributed by atoms with van der Waals surface area (Å²) in [5.74, 6) is -1.05. The Kier molecular flexibility index (Phi) is 6.76. The molecule has 2 aromatic heterocycles. The molecular weight excluding hydrogens is 431 g/mol. The number of nitrogens with one attached hydrogen (secondary N) is 2. The van der Waals surface area contributed by atoms with Gasteiger partial charge in [-0.15, -0.1) is 11.3 Å². The molecule has 1 aromatic carbocycles. The van der Waals surface area contributed by atoms with Crippen molar-refractivity contribution in [2.45, 2.75) is 32.2 Å². The number of halogens is 3. The van der Waals surface area contributed by atoms with E-state index in [4.69, 9.17) is 5.73 Å². The molecular formula is C20H20F3N5O2S. The van der Waals surface area contributed by atoms with E-state index in [9.17, 15) is 22.8 Å². The van der Waals surface area contributed by atoms with Crippen LogP contribution in [0.25, 0.3) is 5.69 Å². The molecule has 4 N–H and O–H groups in total. The van der Waals surface area contributed by atoms with E-state index in [0.29, 0.717) is 11.6 Å². The number of amides is 2. The number of nitrogens with two attached hydrogens (primary N) is 1. The van der Waals surface area contributed by atoms with Gasteiger partial charge in [0.15, 0.2) is 5.69 Å². The van der Waals surface area contributed by atoms with Crippen molar-refractivity contribution < 1.29 is 22.8 Å². The maximum atomic E-state index is 13.3. The van der Waals surface area contributed by atoms with Gasteiger partial charge in [-0.1, -0.05) is 18.2 Å². The summed E-state index contributed by atoms with van der Waals surface area (Å²) >= 11 is 1.42. The summed E-state index contributed by atoms with van der Waals surface area (Å²) in [5, 5.41) is 10.7. The van der Waals surface area contributed by atoms with Crippen LogP contribution in [0.2, 0.25) is 0 Å². The van der Waals surface area contributed by atoms with Crippen LogP contribution in [0.5, 0.6) is 0 Å². The predicted octanol–water partition coefficient (Wildman–Crippen LogP) is 2.85. The van der Waals surface area contributed by atoms with Crippen LogP contribution < -0.4 is 16.4 Å². The number of thiophene rings is 1. The maximum Gasteiger partial charge on any atom is 0.435 e. The smallest absolute Gasteiger partial charge is 0.351 e. The van der Waals surface area contributed by atoms with Gasteiger partial charge in [0.1, 0.15) is 5.69 Å². The first kappa shape index (κ1) is 22.5. The van der Waals surface area contributed by atoms with Crippen LogP contribution in [0.4, 0.5) is 13.2 Å².